The maximum absolute atomic E-state index is 11.4. The van der Waals surface area contributed by atoms with Crippen molar-refractivity contribution < 1.29 is 4.79 Å². The molecule has 0 radical (unpaired) electrons. The van der Waals surface area contributed by atoms with Gasteiger partial charge in [0.2, 0.25) is 11.9 Å². The van der Waals surface area contributed by atoms with Crippen LogP contribution in [0.1, 0.15) is 10.4 Å². The number of carbonyl (C=O) groups excluding carboxylic acids is 1. The van der Waals surface area contributed by atoms with Gasteiger partial charge in [-0.05, 0) is 12.1 Å². The Balaban J connectivity index is 2.37. The summed E-state index contributed by atoms with van der Waals surface area (Å²) in [5, 5.41) is 3.08. The smallest absolute Gasteiger partial charge is 0.248 e. The minimum absolute atomic E-state index is 0.423. The van der Waals surface area contributed by atoms with Crippen LogP contribution in [0.15, 0.2) is 12.1 Å². The molecule has 3 N–H and O–H groups in total. The van der Waals surface area contributed by atoms with E-state index >= 15 is 0 Å². The van der Waals surface area contributed by atoms with Gasteiger partial charge in [0.1, 0.15) is 0 Å². The van der Waals surface area contributed by atoms with Gasteiger partial charge in [-0.2, -0.15) is 0 Å². The summed E-state index contributed by atoms with van der Waals surface area (Å²) >= 11 is 0. The second-order valence-electron chi connectivity index (χ2n) is 4.49. The Kier molecular flexibility index (Phi) is 2.19. The van der Waals surface area contributed by atoms with Crippen molar-refractivity contribution in [1.29, 1.82) is 0 Å². The highest BCUT2D eigenvalue weighted by atomic mass is 16.1. The Hall–Kier alpha value is -2.24. The molecule has 0 saturated carbocycles. The average Bonchev–Trinajstić information content (AvgIpc) is 2.72. The number of nitrogens with two attached hydrogens (primary N) is 1. The van der Waals surface area contributed by atoms with E-state index in [0.29, 0.717) is 5.56 Å². The maximum atomic E-state index is 11.4. The average molecular weight is 245 g/mol. The molecule has 6 nitrogen and oxygen atoms in total. The lowest BCUT2D eigenvalue weighted by Gasteiger charge is -2.27. The number of aromatic nitrogens is 2. The highest BCUT2D eigenvalue weighted by molar-refractivity contribution is 6.01. The molecule has 1 amide bonds. The highest BCUT2D eigenvalue weighted by Crippen LogP contribution is 2.33. The van der Waals surface area contributed by atoms with E-state index in [0.717, 1.165) is 35.8 Å². The van der Waals surface area contributed by atoms with Crippen molar-refractivity contribution in [3.8, 4) is 0 Å². The number of nitrogens with zero attached hydrogens (tertiary/aromatic N) is 3. The number of hydrogen-bond donors (Lipinski definition) is 2. The van der Waals surface area contributed by atoms with Crippen LogP contribution < -0.4 is 16.0 Å². The molecule has 0 fully saturated rings. The fourth-order valence-corrected chi connectivity index (χ4v) is 2.46. The molecule has 1 aliphatic rings. The van der Waals surface area contributed by atoms with Crippen LogP contribution in [0.4, 0.5) is 11.6 Å². The molecular formula is C12H15N5O. The summed E-state index contributed by atoms with van der Waals surface area (Å²) in [7, 11) is 3.85. The Morgan fingerprint density at radius 3 is 2.89 bits per heavy atom. The molecule has 6 heteroatoms. The SMILES string of the molecule is CNc1nc2cc(C(N)=O)cc3c2n1CCN3C. The lowest BCUT2D eigenvalue weighted by molar-refractivity contribution is 0.100. The van der Waals surface area contributed by atoms with Gasteiger partial charge in [-0.15, -0.1) is 0 Å². The summed E-state index contributed by atoms with van der Waals surface area (Å²) in [6, 6.07) is 3.58. The van der Waals surface area contributed by atoms with E-state index in [1.54, 1.807) is 6.07 Å². The number of nitrogens with one attached hydrogen (secondary N) is 1. The molecule has 0 atom stereocenters. The number of carbonyl (C=O) groups is 1. The van der Waals surface area contributed by atoms with Gasteiger partial charge in [0, 0.05) is 32.7 Å². The van der Waals surface area contributed by atoms with Crippen LogP contribution in [0, 0.1) is 0 Å². The predicted molar refractivity (Wildman–Crippen MR) is 71.1 cm³/mol. The molecular weight excluding hydrogens is 230 g/mol. The molecule has 0 aliphatic carbocycles. The molecule has 1 aliphatic heterocycles. The molecule has 2 aromatic rings. The number of hydrogen-bond acceptors (Lipinski definition) is 4. The molecule has 94 valence electrons. The van der Waals surface area contributed by atoms with E-state index < -0.39 is 5.91 Å². The fourth-order valence-electron chi connectivity index (χ4n) is 2.46. The predicted octanol–water partition coefficient (Wildman–Crippen LogP) is 0.627. The Bertz CT molecular complexity index is 645. The van der Waals surface area contributed by atoms with E-state index in [2.05, 4.69) is 19.8 Å². The van der Waals surface area contributed by atoms with Gasteiger partial charge in [0.05, 0.1) is 16.7 Å². The van der Waals surface area contributed by atoms with Gasteiger partial charge in [-0.3, -0.25) is 4.79 Å². The summed E-state index contributed by atoms with van der Waals surface area (Å²) in [5.74, 6) is 0.397. The van der Waals surface area contributed by atoms with Crippen LogP contribution in [-0.4, -0.2) is 36.1 Å². The van der Waals surface area contributed by atoms with Crippen molar-refractivity contribution in [3.63, 3.8) is 0 Å². The summed E-state index contributed by atoms with van der Waals surface area (Å²) < 4.78 is 2.13. The second kappa shape index (κ2) is 3.63. The van der Waals surface area contributed by atoms with Crippen LogP contribution in [0.3, 0.4) is 0 Å². The normalized spacial score (nSPS) is 14.0. The van der Waals surface area contributed by atoms with Crippen molar-refractivity contribution in [2.45, 2.75) is 6.54 Å². The first-order valence-electron chi connectivity index (χ1n) is 5.85. The van der Waals surface area contributed by atoms with Gasteiger partial charge in [0.15, 0.2) is 0 Å². The summed E-state index contributed by atoms with van der Waals surface area (Å²) in [5.41, 5.74) is 8.72. The minimum atomic E-state index is -0.423. The van der Waals surface area contributed by atoms with Crippen LogP contribution in [0.2, 0.25) is 0 Å². The molecule has 2 heterocycles. The van der Waals surface area contributed by atoms with Crippen molar-refractivity contribution >= 4 is 28.6 Å². The zero-order chi connectivity index (χ0) is 12.9. The molecule has 0 saturated heterocycles. The van der Waals surface area contributed by atoms with E-state index in [-0.39, 0.29) is 0 Å². The third kappa shape index (κ3) is 1.35. The number of imidazole rings is 1. The Morgan fingerprint density at radius 1 is 1.44 bits per heavy atom. The summed E-state index contributed by atoms with van der Waals surface area (Å²) in [6.45, 7) is 1.77. The van der Waals surface area contributed by atoms with Gasteiger partial charge < -0.3 is 20.5 Å². The van der Waals surface area contributed by atoms with Gasteiger partial charge in [-0.25, -0.2) is 4.98 Å². The van der Waals surface area contributed by atoms with Gasteiger partial charge >= 0.3 is 0 Å². The number of primary amides is 1. The first-order valence-corrected chi connectivity index (χ1v) is 5.85. The molecule has 0 spiro atoms. The number of rotatable bonds is 2. The van der Waals surface area contributed by atoms with Crippen LogP contribution in [0.5, 0.6) is 0 Å². The van der Waals surface area contributed by atoms with Crippen molar-refractivity contribution in [1.82, 2.24) is 9.55 Å². The molecule has 1 aromatic heterocycles. The summed E-state index contributed by atoms with van der Waals surface area (Å²) in [4.78, 5) is 18.0. The molecule has 3 rings (SSSR count). The van der Waals surface area contributed by atoms with Gasteiger partial charge in [-0.1, -0.05) is 0 Å². The first kappa shape index (κ1) is 10.9. The van der Waals surface area contributed by atoms with E-state index in [9.17, 15) is 4.79 Å². The fraction of sp³-hybridized carbons (Fsp3) is 0.333. The third-order valence-corrected chi connectivity index (χ3v) is 3.40. The minimum Gasteiger partial charge on any atom is -0.371 e. The lowest BCUT2D eigenvalue weighted by Crippen LogP contribution is -2.28. The van der Waals surface area contributed by atoms with Crippen molar-refractivity contribution in [3.05, 3.63) is 17.7 Å². The van der Waals surface area contributed by atoms with E-state index in [1.165, 1.54) is 0 Å². The Labute approximate surface area is 104 Å². The van der Waals surface area contributed by atoms with Crippen molar-refractivity contribution in [2.24, 2.45) is 5.73 Å². The molecule has 0 unspecified atom stereocenters. The maximum Gasteiger partial charge on any atom is 0.248 e. The number of amides is 1. The highest BCUT2D eigenvalue weighted by Gasteiger charge is 2.22. The molecule has 18 heavy (non-hydrogen) atoms. The van der Waals surface area contributed by atoms with Crippen molar-refractivity contribution in [2.75, 3.05) is 30.9 Å². The number of anilines is 2. The Morgan fingerprint density at radius 2 is 2.22 bits per heavy atom. The van der Waals surface area contributed by atoms with Crippen LogP contribution in [-0.2, 0) is 6.54 Å². The zero-order valence-electron chi connectivity index (χ0n) is 10.4. The quantitative estimate of drug-likeness (QED) is 0.813. The topological polar surface area (TPSA) is 76.2 Å². The van der Waals surface area contributed by atoms with Gasteiger partial charge in [0.25, 0.3) is 0 Å². The lowest BCUT2D eigenvalue weighted by atomic mass is 10.1. The molecule has 1 aromatic carbocycles. The van der Waals surface area contributed by atoms with Crippen LogP contribution >= 0.6 is 0 Å². The second-order valence-corrected chi connectivity index (χ2v) is 4.49. The monoisotopic (exact) mass is 245 g/mol. The van der Waals surface area contributed by atoms with Crippen LogP contribution in [0.25, 0.3) is 11.0 Å². The van der Waals surface area contributed by atoms with E-state index in [1.807, 2.05) is 20.2 Å². The van der Waals surface area contributed by atoms with E-state index in [4.69, 9.17) is 5.73 Å². The number of likely N-dealkylation sites (N-methyl/N-ethyl adjacent to an activating group) is 1. The summed E-state index contributed by atoms with van der Waals surface area (Å²) in [6.07, 6.45) is 0. The number of benzene rings is 1. The largest absolute Gasteiger partial charge is 0.371 e. The zero-order valence-corrected chi connectivity index (χ0v) is 10.4. The molecule has 0 bridgehead atoms. The first-order chi connectivity index (χ1) is 8.61. The third-order valence-electron chi connectivity index (χ3n) is 3.40. The standard InChI is InChI=1S/C12H15N5O/c1-14-12-15-8-5-7(11(13)18)6-9-10(8)17(12)4-3-16(9)2/h5-6H,3-4H2,1-2H3,(H2,13,18)(H,14,15).